The maximum absolute atomic E-state index is 5.91. The average molecular weight is 715 g/mol. The molecule has 1 aromatic heterocycles. The summed E-state index contributed by atoms with van der Waals surface area (Å²) < 4.78 is 11.7. The molecule has 1 aliphatic heterocycles. The summed E-state index contributed by atoms with van der Waals surface area (Å²) in [5.41, 5.74) is 6.50. The van der Waals surface area contributed by atoms with Crippen LogP contribution in [-0.4, -0.2) is 86.1 Å². The summed E-state index contributed by atoms with van der Waals surface area (Å²) in [6.07, 6.45) is 6.83. The van der Waals surface area contributed by atoms with Gasteiger partial charge in [-0.05, 0) is 72.8 Å². The smallest absolute Gasteiger partial charge is 0.159 e. The number of ether oxygens (including phenoxy) is 2. The van der Waals surface area contributed by atoms with Crippen molar-refractivity contribution in [1.29, 1.82) is 0 Å². The van der Waals surface area contributed by atoms with Gasteiger partial charge in [0.25, 0.3) is 0 Å². The number of anilines is 1. The normalized spacial score (nSPS) is 16.3. The molecule has 52 heavy (non-hydrogen) atoms. The van der Waals surface area contributed by atoms with Crippen LogP contribution in [0.15, 0.2) is 60.9 Å². The zero-order valence-corrected chi connectivity index (χ0v) is 34.2. The van der Waals surface area contributed by atoms with Gasteiger partial charge < -0.3 is 25.0 Å². The van der Waals surface area contributed by atoms with E-state index in [0.29, 0.717) is 24.7 Å². The first-order valence-electron chi connectivity index (χ1n) is 19.8. The zero-order chi connectivity index (χ0) is 37.7. The molecule has 0 bridgehead atoms. The Bertz CT molecular complexity index is 1420. The van der Waals surface area contributed by atoms with E-state index in [-0.39, 0.29) is 16.9 Å². The van der Waals surface area contributed by atoms with Crippen molar-refractivity contribution in [2.24, 2.45) is 10.8 Å². The van der Waals surface area contributed by atoms with Gasteiger partial charge in [-0.25, -0.2) is 9.97 Å². The van der Waals surface area contributed by atoms with Crippen LogP contribution in [0.25, 0.3) is 11.4 Å². The second-order valence-corrected chi connectivity index (χ2v) is 17.7. The molecule has 2 N–H and O–H groups in total. The van der Waals surface area contributed by atoms with Crippen molar-refractivity contribution < 1.29 is 9.47 Å². The van der Waals surface area contributed by atoms with E-state index in [2.05, 4.69) is 148 Å². The van der Waals surface area contributed by atoms with E-state index in [9.17, 15) is 0 Å². The fourth-order valence-electron chi connectivity index (χ4n) is 6.61. The predicted molar refractivity (Wildman–Crippen MR) is 218 cm³/mol. The third kappa shape index (κ3) is 14.9. The molecular weight excluding hydrogens is 645 g/mol. The zero-order valence-electron chi connectivity index (χ0n) is 34.2. The number of piperazine rings is 1. The highest BCUT2D eigenvalue weighted by Crippen LogP contribution is 2.26. The van der Waals surface area contributed by atoms with E-state index >= 15 is 0 Å². The summed E-state index contributed by atoms with van der Waals surface area (Å²) in [4.78, 5) is 14.3. The number of aromatic nitrogens is 2. The number of benzene rings is 2. The molecule has 0 radical (unpaired) electrons. The first-order valence-corrected chi connectivity index (χ1v) is 19.8. The summed E-state index contributed by atoms with van der Waals surface area (Å²) in [6, 6.07) is 19.3. The van der Waals surface area contributed by atoms with E-state index in [0.717, 1.165) is 88.8 Å². The molecule has 4 rings (SSSR count). The minimum absolute atomic E-state index is 0.180. The SMILES string of the molecule is CC(C)NC(CC[C@@H](C)NC(C)c1ccc(-c2ncc(CCOCC(C)(C)C)cn2)cc1)c1ccc(N2CCN(CCOCC(C)(C)C)CC2)cc1. The molecule has 2 aromatic carbocycles. The minimum atomic E-state index is 0.180. The number of hydrogen-bond acceptors (Lipinski definition) is 8. The number of hydrogen-bond donors (Lipinski definition) is 2. The second kappa shape index (κ2) is 20.0. The van der Waals surface area contributed by atoms with Crippen LogP contribution in [0.5, 0.6) is 0 Å². The van der Waals surface area contributed by atoms with Crippen molar-refractivity contribution in [2.45, 2.75) is 113 Å². The molecule has 0 amide bonds. The van der Waals surface area contributed by atoms with Crippen LogP contribution in [0.4, 0.5) is 5.69 Å². The monoisotopic (exact) mass is 715 g/mol. The van der Waals surface area contributed by atoms with E-state index in [1.165, 1.54) is 16.8 Å². The Hall–Kier alpha value is -2.88. The van der Waals surface area contributed by atoms with Gasteiger partial charge in [0.15, 0.2) is 5.82 Å². The molecule has 0 saturated carbocycles. The minimum Gasteiger partial charge on any atom is -0.381 e. The van der Waals surface area contributed by atoms with Gasteiger partial charge in [0.2, 0.25) is 0 Å². The average Bonchev–Trinajstić information content (AvgIpc) is 3.10. The standard InChI is InChI=1S/C44H70N6O2/c1-33(2)47-41(38-16-18-40(19-17-38)50-24-22-49(23-25-50)26-28-52-32-44(8,9)10)20-11-34(3)48-35(4)37-12-14-39(15-13-37)42-45-29-36(30-46-42)21-27-51-31-43(5,6)7/h12-19,29-30,33-35,41,47-48H,11,20-28,31-32H2,1-10H3/t34-,35?,41?/m1/s1. The molecule has 1 aliphatic rings. The Morgan fingerprint density at radius 3 is 1.85 bits per heavy atom. The van der Waals surface area contributed by atoms with E-state index in [4.69, 9.17) is 9.47 Å². The van der Waals surface area contributed by atoms with Crippen molar-refractivity contribution in [3.63, 3.8) is 0 Å². The third-order valence-electron chi connectivity index (χ3n) is 9.52. The maximum Gasteiger partial charge on any atom is 0.159 e. The summed E-state index contributed by atoms with van der Waals surface area (Å²) in [5.74, 6) is 0.757. The van der Waals surface area contributed by atoms with Crippen molar-refractivity contribution in [1.82, 2.24) is 25.5 Å². The quantitative estimate of drug-likeness (QED) is 0.120. The molecule has 8 nitrogen and oxygen atoms in total. The molecule has 288 valence electrons. The number of nitrogens with one attached hydrogen (secondary N) is 2. The molecule has 0 spiro atoms. The van der Waals surface area contributed by atoms with Crippen LogP contribution < -0.4 is 15.5 Å². The lowest BCUT2D eigenvalue weighted by Gasteiger charge is -2.36. The van der Waals surface area contributed by atoms with Crippen LogP contribution in [-0.2, 0) is 15.9 Å². The summed E-state index contributed by atoms with van der Waals surface area (Å²) in [5, 5.41) is 7.69. The highest BCUT2D eigenvalue weighted by atomic mass is 16.5. The largest absolute Gasteiger partial charge is 0.381 e. The molecule has 2 heterocycles. The molecule has 3 atom stereocenters. The van der Waals surface area contributed by atoms with Crippen LogP contribution in [0.2, 0.25) is 0 Å². The van der Waals surface area contributed by atoms with Crippen molar-refractivity contribution in [3.8, 4) is 11.4 Å². The molecule has 0 aliphatic carbocycles. The van der Waals surface area contributed by atoms with Crippen LogP contribution in [0.1, 0.15) is 111 Å². The van der Waals surface area contributed by atoms with Gasteiger partial charge in [0.05, 0.1) is 26.4 Å². The van der Waals surface area contributed by atoms with Crippen LogP contribution >= 0.6 is 0 Å². The summed E-state index contributed by atoms with van der Waals surface area (Å²) in [7, 11) is 0. The second-order valence-electron chi connectivity index (χ2n) is 17.7. The van der Waals surface area contributed by atoms with Gasteiger partial charge in [-0.1, -0.05) is 91.8 Å². The van der Waals surface area contributed by atoms with Crippen molar-refractivity contribution in [2.75, 3.05) is 64.1 Å². The van der Waals surface area contributed by atoms with Gasteiger partial charge >= 0.3 is 0 Å². The maximum atomic E-state index is 5.91. The van der Waals surface area contributed by atoms with Gasteiger partial charge in [0.1, 0.15) is 0 Å². The highest BCUT2D eigenvalue weighted by Gasteiger charge is 2.20. The number of rotatable bonds is 19. The first kappa shape index (κ1) is 41.9. The third-order valence-corrected chi connectivity index (χ3v) is 9.52. The fourth-order valence-corrected chi connectivity index (χ4v) is 6.61. The summed E-state index contributed by atoms with van der Waals surface area (Å²) >= 11 is 0. The van der Waals surface area contributed by atoms with Crippen LogP contribution in [0.3, 0.4) is 0 Å². The van der Waals surface area contributed by atoms with Gasteiger partial charge in [-0.2, -0.15) is 0 Å². The fraction of sp³-hybridized carbons (Fsp3) is 0.636. The highest BCUT2D eigenvalue weighted by molar-refractivity contribution is 5.55. The van der Waals surface area contributed by atoms with E-state index in [1.54, 1.807) is 0 Å². The van der Waals surface area contributed by atoms with E-state index in [1.807, 2.05) is 12.4 Å². The molecule has 1 saturated heterocycles. The lowest BCUT2D eigenvalue weighted by Crippen LogP contribution is -2.47. The Labute approximate surface area is 316 Å². The first-order chi connectivity index (χ1) is 24.6. The lowest BCUT2D eigenvalue weighted by atomic mass is 9.97. The van der Waals surface area contributed by atoms with Crippen molar-refractivity contribution in [3.05, 3.63) is 77.6 Å². The predicted octanol–water partition coefficient (Wildman–Crippen LogP) is 8.49. The molecule has 2 unspecified atom stereocenters. The Morgan fingerprint density at radius 1 is 0.692 bits per heavy atom. The van der Waals surface area contributed by atoms with Gasteiger partial charge in [-0.15, -0.1) is 0 Å². The van der Waals surface area contributed by atoms with Crippen LogP contribution in [0, 0.1) is 10.8 Å². The Kier molecular flexibility index (Phi) is 16.1. The lowest BCUT2D eigenvalue weighted by molar-refractivity contribution is 0.0537. The topological polar surface area (TPSA) is 74.8 Å². The van der Waals surface area contributed by atoms with Gasteiger partial charge in [-0.3, -0.25) is 4.90 Å². The van der Waals surface area contributed by atoms with Crippen molar-refractivity contribution >= 4 is 5.69 Å². The van der Waals surface area contributed by atoms with E-state index < -0.39 is 0 Å². The molecular formula is C44H70N6O2. The molecule has 8 heteroatoms. The Balaban J connectivity index is 1.22. The molecule has 3 aromatic rings. The number of nitrogens with zero attached hydrogens (tertiary/aromatic N) is 4. The summed E-state index contributed by atoms with van der Waals surface area (Å²) in [6.45, 7) is 30.7. The molecule has 1 fully saturated rings. The Morgan fingerprint density at radius 2 is 1.27 bits per heavy atom. The van der Waals surface area contributed by atoms with Gasteiger partial charge in [0, 0.05) is 80.5 Å².